The van der Waals surface area contributed by atoms with Gasteiger partial charge in [0.05, 0.1) is 17.2 Å². The zero-order chi connectivity index (χ0) is 11.8. The van der Waals surface area contributed by atoms with Crippen molar-refractivity contribution in [1.82, 2.24) is 14.5 Å². The van der Waals surface area contributed by atoms with Gasteiger partial charge in [-0.25, -0.2) is 4.98 Å². The van der Waals surface area contributed by atoms with Gasteiger partial charge in [0.25, 0.3) is 5.56 Å². The first kappa shape index (κ1) is 10.4. The highest BCUT2D eigenvalue weighted by atomic mass is 16.1. The predicted octanol–water partition coefficient (Wildman–Crippen LogP) is 0.844. The van der Waals surface area contributed by atoms with E-state index in [1.54, 1.807) is 29.4 Å². The molecule has 0 aromatic carbocycles. The van der Waals surface area contributed by atoms with Crippen LogP contribution in [0.5, 0.6) is 0 Å². The third kappa shape index (κ3) is 1.72. The van der Waals surface area contributed by atoms with E-state index in [0.29, 0.717) is 10.9 Å². The quantitative estimate of drug-likeness (QED) is 0.788. The lowest BCUT2D eigenvalue weighted by Crippen LogP contribution is -2.25. The van der Waals surface area contributed by atoms with Gasteiger partial charge in [-0.05, 0) is 25.3 Å². The zero-order valence-corrected chi connectivity index (χ0v) is 9.41. The van der Waals surface area contributed by atoms with Crippen LogP contribution in [0, 0.1) is 0 Å². The Kier molecular flexibility index (Phi) is 2.40. The highest BCUT2D eigenvalue weighted by Gasteiger charge is 2.24. The van der Waals surface area contributed by atoms with Crippen LogP contribution in [-0.4, -0.2) is 20.6 Å². The maximum Gasteiger partial charge on any atom is 0.263 e. The van der Waals surface area contributed by atoms with Crippen LogP contribution in [0.2, 0.25) is 0 Å². The fourth-order valence-corrected chi connectivity index (χ4v) is 2.48. The molecule has 5 heteroatoms. The van der Waals surface area contributed by atoms with Gasteiger partial charge < -0.3 is 5.73 Å². The summed E-state index contributed by atoms with van der Waals surface area (Å²) in [5, 5.41) is 0.579. The minimum absolute atomic E-state index is 0.0119. The summed E-state index contributed by atoms with van der Waals surface area (Å²) in [6.07, 6.45) is 7.64. The predicted molar refractivity (Wildman–Crippen MR) is 64.7 cm³/mol. The Bertz CT molecular complexity index is 607. The maximum absolute atomic E-state index is 12.3. The van der Waals surface area contributed by atoms with Crippen LogP contribution < -0.4 is 11.3 Å². The molecule has 2 atom stereocenters. The van der Waals surface area contributed by atoms with Crippen LogP contribution in [0.1, 0.15) is 25.3 Å². The van der Waals surface area contributed by atoms with Gasteiger partial charge in [-0.2, -0.15) is 0 Å². The molecule has 1 fully saturated rings. The SMILES string of the molecule is N[C@@H]1CC[C@@H](n2cnc3ccncc3c2=O)C1. The van der Waals surface area contributed by atoms with Crippen molar-refractivity contribution < 1.29 is 0 Å². The second kappa shape index (κ2) is 3.92. The zero-order valence-electron chi connectivity index (χ0n) is 9.41. The molecule has 0 spiro atoms. The minimum Gasteiger partial charge on any atom is -0.328 e. The van der Waals surface area contributed by atoms with Gasteiger partial charge >= 0.3 is 0 Å². The summed E-state index contributed by atoms with van der Waals surface area (Å²) in [4.78, 5) is 20.5. The fraction of sp³-hybridized carbons (Fsp3) is 0.417. The summed E-state index contributed by atoms with van der Waals surface area (Å²) in [5.74, 6) is 0. The smallest absolute Gasteiger partial charge is 0.263 e. The number of pyridine rings is 1. The van der Waals surface area contributed by atoms with Crippen molar-refractivity contribution in [2.45, 2.75) is 31.3 Å². The normalized spacial score (nSPS) is 24.3. The summed E-state index contributed by atoms with van der Waals surface area (Å²) in [6, 6.07) is 2.15. The van der Waals surface area contributed by atoms with Gasteiger partial charge in [0, 0.05) is 24.5 Å². The van der Waals surface area contributed by atoms with E-state index in [-0.39, 0.29) is 17.6 Å². The lowest BCUT2D eigenvalue weighted by Gasteiger charge is -2.13. The molecular formula is C12H14N4O. The average molecular weight is 230 g/mol. The van der Waals surface area contributed by atoms with Crippen LogP contribution in [0.3, 0.4) is 0 Å². The van der Waals surface area contributed by atoms with Crippen molar-refractivity contribution in [3.8, 4) is 0 Å². The van der Waals surface area contributed by atoms with E-state index in [1.807, 2.05) is 0 Å². The molecule has 0 unspecified atom stereocenters. The van der Waals surface area contributed by atoms with Crippen molar-refractivity contribution >= 4 is 10.9 Å². The summed E-state index contributed by atoms with van der Waals surface area (Å²) < 4.78 is 1.71. The molecule has 17 heavy (non-hydrogen) atoms. The Morgan fingerprint density at radius 2 is 2.29 bits per heavy atom. The van der Waals surface area contributed by atoms with Crippen molar-refractivity contribution in [3.63, 3.8) is 0 Å². The van der Waals surface area contributed by atoms with Gasteiger partial charge in [0.15, 0.2) is 0 Å². The van der Waals surface area contributed by atoms with Crippen LogP contribution in [0.4, 0.5) is 0 Å². The lowest BCUT2D eigenvalue weighted by atomic mass is 10.2. The van der Waals surface area contributed by atoms with E-state index in [2.05, 4.69) is 9.97 Å². The molecule has 2 heterocycles. The molecular weight excluding hydrogens is 216 g/mol. The average Bonchev–Trinajstić information content (AvgIpc) is 2.77. The van der Waals surface area contributed by atoms with Crippen LogP contribution in [0.25, 0.3) is 10.9 Å². The third-order valence-electron chi connectivity index (χ3n) is 3.42. The number of nitrogens with zero attached hydrogens (tertiary/aromatic N) is 3. The standard InChI is InChI=1S/C12H14N4O/c13-8-1-2-9(5-8)16-7-15-11-3-4-14-6-10(11)12(16)17/h3-4,6-9H,1-2,5,13H2/t8-,9-/m1/s1. The molecule has 0 radical (unpaired) electrons. The minimum atomic E-state index is -0.0119. The van der Waals surface area contributed by atoms with Crippen molar-refractivity contribution in [2.24, 2.45) is 5.73 Å². The van der Waals surface area contributed by atoms with E-state index in [4.69, 9.17) is 5.73 Å². The summed E-state index contributed by atoms with van der Waals surface area (Å²) in [5.41, 5.74) is 6.56. The number of aromatic nitrogens is 3. The van der Waals surface area contributed by atoms with Gasteiger partial charge in [-0.1, -0.05) is 0 Å². The Hall–Kier alpha value is -1.75. The first-order chi connectivity index (χ1) is 8.25. The van der Waals surface area contributed by atoms with Crippen molar-refractivity contribution in [2.75, 3.05) is 0 Å². The van der Waals surface area contributed by atoms with Gasteiger partial charge in [0.2, 0.25) is 0 Å². The molecule has 0 aliphatic heterocycles. The lowest BCUT2D eigenvalue weighted by molar-refractivity contribution is 0.491. The molecule has 5 nitrogen and oxygen atoms in total. The second-order valence-electron chi connectivity index (χ2n) is 4.58. The maximum atomic E-state index is 12.3. The van der Waals surface area contributed by atoms with Crippen LogP contribution in [-0.2, 0) is 0 Å². The molecule has 2 N–H and O–H groups in total. The summed E-state index contributed by atoms with van der Waals surface area (Å²) >= 11 is 0. The first-order valence-electron chi connectivity index (χ1n) is 5.82. The van der Waals surface area contributed by atoms with Crippen LogP contribution in [0.15, 0.2) is 29.6 Å². The molecule has 88 valence electrons. The Balaban J connectivity index is 2.12. The Morgan fingerprint density at radius 3 is 3.06 bits per heavy atom. The largest absolute Gasteiger partial charge is 0.328 e. The monoisotopic (exact) mass is 230 g/mol. The van der Waals surface area contributed by atoms with Crippen molar-refractivity contribution in [1.29, 1.82) is 0 Å². The number of fused-ring (bicyclic) bond motifs is 1. The molecule has 2 aromatic rings. The summed E-state index contributed by atoms with van der Waals surface area (Å²) in [6.45, 7) is 0. The van der Waals surface area contributed by atoms with E-state index in [9.17, 15) is 4.79 Å². The number of hydrogen-bond donors (Lipinski definition) is 1. The molecule has 2 aromatic heterocycles. The molecule has 0 saturated heterocycles. The van der Waals surface area contributed by atoms with E-state index in [0.717, 1.165) is 19.3 Å². The third-order valence-corrected chi connectivity index (χ3v) is 3.42. The topological polar surface area (TPSA) is 73.8 Å². The van der Waals surface area contributed by atoms with E-state index < -0.39 is 0 Å². The van der Waals surface area contributed by atoms with Gasteiger partial charge in [0.1, 0.15) is 0 Å². The van der Waals surface area contributed by atoms with Gasteiger partial charge in [-0.3, -0.25) is 14.3 Å². The highest BCUT2D eigenvalue weighted by Crippen LogP contribution is 2.27. The molecule has 0 amide bonds. The molecule has 3 rings (SSSR count). The van der Waals surface area contributed by atoms with E-state index >= 15 is 0 Å². The number of rotatable bonds is 1. The fourth-order valence-electron chi connectivity index (χ4n) is 2.48. The molecule has 1 saturated carbocycles. The summed E-state index contributed by atoms with van der Waals surface area (Å²) in [7, 11) is 0. The second-order valence-corrected chi connectivity index (χ2v) is 4.58. The molecule has 1 aliphatic rings. The van der Waals surface area contributed by atoms with E-state index in [1.165, 1.54) is 0 Å². The van der Waals surface area contributed by atoms with Gasteiger partial charge in [-0.15, -0.1) is 0 Å². The Labute approximate surface area is 98.3 Å². The van der Waals surface area contributed by atoms with Crippen LogP contribution >= 0.6 is 0 Å². The highest BCUT2D eigenvalue weighted by molar-refractivity contribution is 5.75. The molecule has 0 bridgehead atoms. The Morgan fingerprint density at radius 1 is 1.41 bits per heavy atom. The number of nitrogens with two attached hydrogens (primary N) is 1. The van der Waals surface area contributed by atoms with Crippen molar-refractivity contribution in [3.05, 3.63) is 35.1 Å². The first-order valence-corrected chi connectivity index (χ1v) is 5.82. The number of hydrogen-bond acceptors (Lipinski definition) is 4. The molecule has 1 aliphatic carbocycles.